The van der Waals surface area contributed by atoms with Crippen molar-refractivity contribution < 1.29 is 28.9 Å². The Morgan fingerprint density at radius 3 is 2.50 bits per heavy atom. The molecule has 1 saturated carbocycles. The van der Waals surface area contributed by atoms with Gasteiger partial charge < -0.3 is 19.9 Å². The third-order valence-corrected chi connectivity index (χ3v) is 9.67. The van der Waals surface area contributed by atoms with Gasteiger partial charge in [-0.05, 0) is 64.4 Å². The molecule has 5 fully saturated rings. The molecule has 9 heteroatoms. The standard InChI is InChI=1S/C31H45N3O6/c1-20-12-13-24-21(2)27(37)33(28-31(24)23(20)14-16-30(6,38-28)39-40-31)17-15-26(36)34(29(3,4)5)19-25(35)32-18-22-10-8-7-9-11-22/h7-11,20-21,23-24,28H,12-19H2,1-6H3,(H,32,35)/t20-,21+,23?,24?,28?,30-,31+/m0/s1. The second-order valence-corrected chi connectivity index (χ2v) is 13.4. The normalized spacial score (nSPS) is 35.1. The van der Waals surface area contributed by atoms with Crippen molar-refractivity contribution in [1.29, 1.82) is 0 Å². The van der Waals surface area contributed by atoms with Gasteiger partial charge in [0.2, 0.25) is 23.5 Å². The van der Waals surface area contributed by atoms with E-state index in [1.807, 2.05) is 65.0 Å². The Kier molecular flexibility index (Phi) is 7.78. The van der Waals surface area contributed by atoms with Crippen molar-refractivity contribution in [2.24, 2.45) is 23.7 Å². The Balaban J connectivity index is 1.32. The monoisotopic (exact) mass is 555 g/mol. The quantitative estimate of drug-likeness (QED) is 0.511. The van der Waals surface area contributed by atoms with Crippen LogP contribution in [-0.2, 0) is 35.4 Å². The van der Waals surface area contributed by atoms with Gasteiger partial charge in [-0.2, -0.15) is 0 Å². The number of fused-ring (bicyclic) bond motifs is 2. The summed E-state index contributed by atoms with van der Waals surface area (Å²) in [5.41, 5.74) is -0.325. The molecule has 1 N–H and O–H groups in total. The van der Waals surface area contributed by atoms with Crippen molar-refractivity contribution in [3.8, 4) is 0 Å². The van der Waals surface area contributed by atoms with E-state index in [9.17, 15) is 14.4 Å². The van der Waals surface area contributed by atoms with Crippen LogP contribution in [0.4, 0.5) is 0 Å². The molecule has 2 bridgehead atoms. The van der Waals surface area contributed by atoms with Gasteiger partial charge in [0.15, 0.2) is 11.8 Å². The third-order valence-electron chi connectivity index (χ3n) is 9.67. The van der Waals surface area contributed by atoms with Gasteiger partial charge in [-0.15, -0.1) is 0 Å². The maximum absolute atomic E-state index is 13.8. The van der Waals surface area contributed by atoms with Gasteiger partial charge in [-0.25, -0.2) is 9.78 Å². The average molecular weight is 556 g/mol. The number of carbonyl (C=O) groups excluding carboxylic acids is 3. The van der Waals surface area contributed by atoms with Gasteiger partial charge in [-0.1, -0.05) is 44.2 Å². The summed E-state index contributed by atoms with van der Waals surface area (Å²) in [5.74, 6) is -0.996. The Labute approximate surface area is 237 Å². The van der Waals surface area contributed by atoms with Crippen LogP contribution in [0.3, 0.4) is 0 Å². The lowest BCUT2D eigenvalue weighted by atomic mass is 9.57. The average Bonchev–Trinajstić information content (AvgIpc) is 3.15. The lowest BCUT2D eigenvalue weighted by molar-refractivity contribution is -0.547. The Morgan fingerprint density at radius 2 is 1.80 bits per heavy atom. The minimum atomic E-state index is -0.936. The molecule has 9 nitrogen and oxygen atoms in total. The van der Waals surface area contributed by atoms with E-state index in [-0.39, 0.29) is 55.0 Å². The highest BCUT2D eigenvalue weighted by Gasteiger charge is 2.70. The van der Waals surface area contributed by atoms with Crippen LogP contribution in [0.5, 0.6) is 0 Å². The maximum Gasteiger partial charge on any atom is 0.239 e. The Morgan fingerprint density at radius 1 is 1.07 bits per heavy atom. The van der Waals surface area contributed by atoms with E-state index in [0.29, 0.717) is 18.9 Å². The van der Waals surface area contributed by atoms with Crippen molar-refractivity contribution in [2.75, 3.05) is 13.1 Å². The predicted molar refractivity (Wildman–Crippen MR) is 148 cm³/mol. The number of hydrogen-bond donors (Lipinski definition) is 1. The lowest BCUT2D eigenvalue weighted by Gasteiger charge is -2.61. The zero-order chi connectivity index (χ0) is 28.9. The van der Waals surface area contributed by atoms with Gasteiger partial charge in [0.05, 0.1) is 0 Å². The first kappa shape index (κ1) is 29.0. The number of piperidine rings is 1. The second-order valence-electron chi connectivity index (χ2n) is 13.4. The first-order valence-corrected chi connectivity index (χ1v) is 14.8. The number of likely N-dealkylation sites (tertiary alicyclic amines) is 1. The molecule has 7 atom stereocenters. The summed E-state index contributed by atoms with van der Waals surface area (Å²) in [5, 5.41) is 2.92. The molecule has 1 spiro atoms. The number of rotatable bonds is 7. The second kappa shape index (κ2) is 10.7. The minimum absolute atomic E-state index is 0.000172. The van der Waals surface area contributed by atoms with Gasteiger partial charge in [-0.3, -0.25) is 14.4 Å². The smallest absolute Gasteiger partial charge is 0.239 e. The van der Waals surface area contributed by atoms with Crippen molar-refractivity contribution in [2.45, 2.75) is 103 Å². The third kappa shape index (κ3) is 5.16. The van der Waals surface area contributed by atoms with E-state index in [1.165, 1.54) is 0 Å². The molecule has 1 aliphatic carbocycles. The summed E-state index contributed by atoms with van der Waals surface area (Å²) < 4.78 is 6.58. The molecule has 4 aliphatic heterocycles. The molecule has 220 valence electrons. The fraction of sp³-hybridized carbons (Fsp3) is 0.710. The van der Waals surface area contributed by atoms with E-state index in [0.717, 1.165) is 24.8 Å². The van der Waals surface area contributed by atoms with Crippen molar-refractivity contribution in [3.05, 3.63) is 35.9 Å². The van der Waals surface area contributed by atoms with Crippen LogP contribution in [0.1, 0.15) is 79.2 Å². The van der Waals surface area contributed by atoms with Gasteiger partial charge in [0.25, 0.3) is 0 Å². The highest BCUT2D eigenvalue weighted by atomic mass is 17.3. The van der Waals surface area contributed by atoms with Crippen molar-refractivity contribution in [1.82, 2.24) is 15.1 Å². The van der Waals surface area contributed by atoms with Gasteiger partial charge in [0.1, 0.15) is 6.54 Å². The number of hydrogen-bond acceptors (Lipinski definition) is 6. The molecule has 0 aromatic heterocycles. The SMILES string of the molecule is C[C@H]1CCC2[C@@H](C)C(=O)N(CCC(=O)N(CC(=O)NCc3ccccc3)C(C)(C)C)C3O[C@]4(C)CCC1[C@@]23OO4. The van der Waals surface area contributed by atoms with Crippen LogP contribution in [-0.4, -0.2) is 63.8 Å². The summed E-state index contributed by atoms with van der Waals surface area (Å²) in [4.78, 5) is 55.8. The molecule has 40 heavy (non-hydrogen) atoms. The van der Waals surface area contributed by atoms with Crippen LogP contribution in [0.2, 0.25) is 0 Å². The number of nitrogens with one attached hydrogen (secondary N) is 1. The van der Waals surface area contributed by atoms with Gasteiger partial charge >= 0.3 is 0 Å². The molecule has 4 saturated heterocycles. The fourth-order valence-electron chi connectivity index (χ4n) is 7.43. The zero-order valence-corrected chi connectivity index (χ0v) is 24.8. The molecular weight excluding hydrogens is 510 g/mol. The number of amides is 3. The number of ether oxygens (including phenoxy) is 1. The first-order valence-electron chi connectivity index (χ1n) is 14.8. The first-order chi connectivity index (χ1) is 18.9. The van der Waals surface area contributed by atoms with E-state index in [2.05, 4.69) is 12.2 Å². The molecule has 0 radical (unpaired) electrons. The summed E-state index contributed by atoms with van der Waals surface area (Å²) in [7, 11) is 0. The highest BCUT2D eigenvalue weighted by Crippen LogP contribution is 2.60. The molecule has 3 amide bonds. The van der Waals surface area contributed by atoms with E-state index in [4.69, 9.17) is 14.5 Å². The van der Waals surface area contributed by atoms with Crippen LogP contribution >= 0.6 is 0 Å². The number of carbonyl (C=O) groups is 3. The Bertz CT molecular complexity index is 1120. The molecule has 3 unspecified atom stereocenters. The fourth-order valence-corrected chi connectivity index (χ4v) is 7.43. The molecular formula is C31H45N3O6. The summed E-state index contributed by atoms with van der Waals surface area (Å²) in [6.45, 7) is 12.4. The molecule has 5 aliphatic rings. The lowest BCUT2D eigenvalue weighted by Crippen LogP contribution is -2.75. The molecule has 1 aromatic rings. The summed E-state index contributed by atoms with van der Waals surface area (Å²) >= 11 is 0. The molecule has 6 rings (SSSR count). The van der Waals surface area contributed by atoms with Crippen molar-refractivity contribution in [3.63, 3.8) is 0 Å². The van der Waals surface area contributed by atoms with Crippen molar-refractivity contribution >= 4 is 17.7 Å². The zero-order valence-electron chi connectivity index (χ0n) is 24.8. The van der Waals surface area contributed by atoms with Crippen LogP contribution in [0, 0.1) is 23.7 Å². The Hall–Kier alpha value is -2.49. The van der Waals surface area contributed by atoms with E-state index < -0.39 is 23.2 Å². The highest BCUT2D eigenvalue weighted by molar-refractivity contribution is 5.86. The largest absolute Gasteiger partial charge is 0.350 e. The number of nitrogens with zero attached hydrogens (tertiary/aromatic N) is 2. The number of benzene rings is 1. The minimum Gasteiger partial charge on any atom is -0.350 e. The van der Waals surface area contributed by atoms with Crippen LogP contribution in [0.25, 0.3) is 0 Å². The van der Waals surface area contributed by atoms with E-state index in [1.54, 1.807) is 9.80 Å². The summed E-state index contributed by atoms with van der Waals surface area (Å²) in [6, 6.07) is 9.67. The molecule has 4 heterocycles. The van der Waals surface area contributed by atoms with E-state index >= 15 is 0 Å². The predicted octanol–water partition coefficient (Wildman–Crippen LogP) is 4.01. The van der Waals surface area contributed by atoms with Crippen LogP contribution < -0.4 is 5.32 Å². The summed E-state index contributed by atoms with van der Waals surface area (Å²) in [6.07, 6.45) is 3.01. The van der Waals surface area contributed by atoms with Crippen LogP contribution in [0.15, 0.2) is 30.3 Å². The molecule has 1 aromatic carbocycles. The van der Waals surface area contributed by atoms with Gasteiger partial charge in [0, 0.05) is 43.3 Å². The maximum atomic E-state index is 13.8. The topological polar surface area (TPSA) is 97.4 Å².